The van der Waals surface area contributed by atoms with E-state index in [9.17, 15) is 4.79 Å². The lowest BCUT2D eigenvalue weighted by Crippen LogP contribution is -2.05. The first kappa shape index (κ1) is 12.2. The van der Waals surface area contributed by atoms with Crippen LogP contribution in [0.4, 0.5) is 5.69 Å². The monoisotopic (exact) mass is 241 g/mol. The van der Waals surface area contributed by atoms with Gasteiger partial charge in [-0.15, -0.1) is 0 Å². The average molecular weight is 241 g/mol. The normalized spacial score (nSPS) is 10.0. The Balaban J connectivity index is 1.85. The molecule has 0 saturated carbocycles. The van der Waals surface area contributed by atoms with Crippen LogP contribution < -0.4 is 5.32 Å². The van der Waals surface area contributed by atoms with Crippen molar-refractivity contribution in [3.05, 3.63) is 65.7 Å². The number of para-hydroxylation sites is 1. The van der Waals surface area contributed by atoms with E-state index in [2.05, 4.69) is 5.32 Å². The summed E-state index contributed by atoms with van der Waals surface area (Å²) in [6.07, 6.45) is 0.870. The van der Waals surface area contributed by atoms with Crippen LogP contribution in [0.25, 0.3) is 0 Å². The molecule has 0 radical (unpaired) electrons. The topological polar surface area (TPSA) is 49.3 Å². The van der Waals surface area contributed by atoms with Gasteiger partial charge in [0.25, 0.3) is 0 Å². The number of anilines is 1. The van der Waals surface area contributed by atoms with Crippen molar-refractivity contribution in [3.8, 4) is 0 Å². The van der Waals surface area contributed by atoms with Gasteiger partial charge in [-0.1, -0.05) is 30.3 Å². The van der Waals surface area contributed by atoms with E-state index in [0.717, 1.165) is 24.2 Å². The summed E-state index contributed by atoms with van der Waals surface area (Å²) in [5.41, 5.74) is 2.55. The molecule has 0 amide bonds. The minimum absolute atomic E-state index is 0.328. The molecule has 2 N–H and O–H groups in total. The van der Waals surface area contributed by atoms with Crippen LogP contribution in [0.2, 0.25) is 0 Å². The van der Waals surface area contributed by atoms with Crippen LogP contribution in [0.5, 0.6) is 0 Å². The molecule has 0 bridgehead atoms. The van der Waals surface area contributed by atoms with E-state index >= 15 is 0 Å². The SMILES string of the molecule is O=C(O)c1ccc(CCNc2ccccc2)cc1. The van der Waals surface area contributed by atoms with Crippen molar-refractivity contribution in [1.29, 1.82) is 0 Å². The van der Waals surface area contributed by atoms with Gasteiger partial charge >= 0.3 is 5.97 Å². The number of hydrogen-bond donors (Lipinski definition) is 2. The molecule has 92 valence electrons. The standard InChI is InChI=1S/C15H15NO2/c17-15(18)13-8-6-12(7-9-13)10-11-16-14-4-2-1-3-5-14/h1-9,16H,10-11H2,(H,17,18). The van der Waals surface area contributed by atoms with Gasteiger partial charge in [0.1, 0.15) is 0 Å². The second-order valence-corrected chi connectivity index (χ2v) is 4.04. The Morgan fingerprint density at radius 1 is 1.00 bits per heavy atom. The fourth-order valence-electron chi connectivity index (χ4n) is 1.72. The highest BCUT2D eigenvalue weighted by Crippen LogP contribution is 2.07. The maximum Gasteiger partial charge on any atom is 0.335 e. The number of benzene rings is 2. The van der Waals surface area contributed by atoms with Crippen LogP contribution in [0, 0.1) is 0 Å². The molecule has 0 fully saturated rings. The number of hydrogen-bond acceptors (Lipinski definition) is 2. The van der Waals surface area contributed by atoms with Gasteiger partial charge in [0.2, 0.25) is 0 Å². The second kappa shape index (κ2) is 5.87. The molecule has 0 aliphatic heterocycles. The van der Waals surface area contributed by atoms with Crippen molar-refractivity contribution in [2.24, 2.45) is 0 Å². The highest BCUT2D eigenvalue weighted by atomic mass is 16.4. The van der Waals surface area contributed by atoms with E-state index in [1.54, 1.807) is 12.1 Å². The minimum atomic E-state index is -0.885. The van der Waals surface area contributed by atoms with Crippen LogP contribution in [0.1, 0.15) is 15.9 Å². The van der Waals surface area contributed by atoms with E-state index in [4.69, 9.17) is 5.11 Å². The third kappa shape index (κ3) is 3.35. The first-order valence-corrected chi connectivity index (χ1v) is 5.87. The molecule has 0 atom stereocenters. The van der Waals surface area contributed by atoms with Crippen molar-refractivity contribution in [1.82, 2.24) is 0 Å². The van der Waals surface area contributed by atoms with Gasteiger partial charge in [0, 0.05) is 12.2 Å². The van der Waals surface area contributed by atoms with Crippen LogP contribution in [-0.4, -0.2) is 17.6 Å². The van der Waals surface area contributed by atoms with Crippen molar-refractivity contribution < 1.29 is 9.90 Å². The predicted molar refractivity (Wildman–Crippen MR) is 72.0 cm³/mol. The Morgan fingerprint density at radius 2 is 1.67 bits per heavy atom. The molecule has 0 aliphatic rings. The van der Waals surface area contributed by atoms with Crippen LogP contribution in [0.15, 0.2) is 54.6 Å². The van der Waals surface area contributed by atoms with Crippen molar-refractivity contribution in [2.75, 3.05) is 11.9 Å². The van der Waals surface area contributed by atoms with Crippen LogP contribution in [-0.2, 0) is 6.42 Å². The summed E-state index contributed by atoms with van der Waals surface area (Å²) in [7, 11) is 0. The Kier molecular flexibility index (Phi) is 3.97. The molecule has 0 unspecified atom stereocenters. The Hall–Kier alpha value is -2.29. The van der Waals surface area contributed by atoms with E-state index < -0.39 is 5.97 Å². The van der Waals surface area contributed by atoms with E-state index in [1.165, 1.54) is 0 Å². The minimum Gasteiger partial charge on any atom is -0.478 e. The molecule has 0 saturated heterocycles. The molecule has 2 aromatic rings. The molecule has 2 aromatic carbocycles. The van der Waals surface area contributed by atoms with Gasteiger partial charge in [0.05, 0.1) is 5.56 Å². The largest absolute Gasteiger partial charge is 0.478 e. The lowest BCUT2D eigenvalue weighted by atomic mass is 10.1. The zero-order valence-corrected chi connectivity index (χ0v) is 9.97. The van der Waals surface area contributed by atoms with Gasteiger partial charge in [-0.25, -0.2) is 4.79 Å². The maximum atomic E-state index is 10.7. The van der Waals surface area contributed by atoms with Gasteiger partial charge < -0.3 is 10.4 Å². The lowest BCUT2D eigenvalue weighted by molar-refractivity contribution is 0.0697. The molecule has 18 heavy (non-hydrogen) atoms. The number of carboxylic acids is 1. The quantitative estimate of drug-likeness (QED) is 0.845. The zero-order valence-electron chi connectivity index (χ0n) is 9.97. The third-order valence-electron chi connectivity index (χ3n) is 2.72. The summed E-state index contributed by atoms with van der Waals surface area (Å²) in [6.45, 7) is 0.830. The van der Waals surface area contributed by atoms with E-state index in [-0.39, 0.29) is 0 Å². The summed E-state index contributed by atoms with van der Waals surface area (Å²) in [5.74, 6) is -0.885. The first-order chi connectivity index (χ1) is 8.75. The Morgan fingerprint density at radius 3 is 2.28 bits per heavy atom. The number of carboxylic acid groups (broad SMARTS) is 1. The van der Waals surface area contributed by atoms with Gasteiger partial charge in [-0.3, -0.25) is 0 Å². The number of rotatable bonds is 5. The smallest absolute Gasteiger partial charge is 0.335 e. The highest BCUT2D eigenvalue weighted by molar-refractivity contribution is 5.87. The van der Waals surface area contributed by atoms with Crippen molar-refractivity contribution in [2.45, 2.75) is 6.42 Å². The number of nitrogens with one attached hydrogen (secondary N) is 1. The number of carbonyl (C=O) groups is 1. The molecular weight excluding hydrogens is 226 g/mol. The van der Waals surface area contributed by atoms with Gasteiger partial charge in [-0.05, 0) is 36.2 Å². The second-order valence-electron chi connectivity index (χ2n) is 4.04. The molecule has 0 heterocycles. The average Bonchev–Trinajstić information content (AvgIpc) is 2.40. The number of aromatic carboxylic acids is 1. The molecule has 0 aliphatic carbocycles. The zero-order chi connectivity index (χ0) is 12.8. The molecule has 3 nitrogen and oxygen atoms in total. The molecule has 2 rings (SSSR count). The molecular formula is C15H15NO2. The third-order valence-corrected chi connectivity index (χ3v) is 2.72. The highest BCUT2D eigenvalue weighted by Gasteiger charge is 2.01. The first-order valence-electron chi connectivity index (χ1n) is 5.87. The summed E-state index contributed by atoms with van der Waals surface area (Å²) in [5, 5.41) is 12.1. The molecule has 0 spiro atoms. The fourth-order valence-corrected chi connectivity index (χ4v) is 1.72. The summed E-state index contributed by atoms with van der Waals surface area (Å²) in [4.78, 5) is 10.7. The van der Waals surface area contributed by atoms with Crippen LogP contribution >= 0.6 is 0 Å². The van der Waals surface area contributed by atoms with Gasteiger partial charge in [-0.2, -0.15) is 0 Å². The summed E-state index contributed by atoms with van der Waals surface area (Å²) < 4.78 is 0. The van der Waals surface area contributed by atoms with E-state index in [0.29, 0.717) is 5.56 Å². The predicted octanol–water partition coefficient (Wildman–Crippen LogP) is 3.04. The van der Waals surface area contributed by atoms with Crippen molar-refractivity contribution in [3.63, 3.8) is 0 Å². The Labute approximate surface area is 106 Å². The fraction of sp³-hybridized carbons (Fsp3) is 0.133. The van der Waals surface area contributed by atoms with Crippen LogP contribution in [0.3, 0.4) is 0 Å². The molecule has 3 heteroatoms. The Bertz CT molecular complexity index is 506. The maximum absolute atomic E-state index is 10.7. The summed E-state index contributed by atoms with van der Waals surface area (Å²) in [6, 6.07) is 17.0. The molecule has 0 aromatic heterocycles. The van der Waals surface area contributed by atoms with E-state index in [1.807, 2.05) is 42.5 Å². The van der Waals surface area contributed by atoms with Gasteiger partial charge in [0.15, 0.2) is 0 Å². The lowest BCUT2D eigenvalue weighted by Gasteiger charge is -2.06. The van der Waals surface area contributed by atoms with Crippen molar-refractivity contribution >= 4 is 11.7 Å². The summed E-state index contributed by atoms with van der Waals surface area (Å²) >= 11 is 0.